The van der Waals surface area contributed by atoms with E-state index in [1.165, 1.54) is 0 Å². The molecule has 1 aromatic carbocycles. The lowest BCUT2D eigenvalue weighted by molar-refractivity contribution is 0.299. The Kier molecular flexibility index (Phi) is 7.03. The molecule has 5 nitrogen and oxygen atoms in total. The first-order valence-electron chi connectivity index (χ1n) is 9.96. The van der Waals surface area contributed by atoms with Crippen molar-refractivity contribution in [1.82, 2.24) is 10.3 Å². The third kappa shape index (κ3) is 5.16. The molecule has 1 aromatic heterocycles. The Labute approximate surface area is 177 Å². The van der Waals surface area contributed by atoms with Crippen LogP contribution in [-0.2, 0) is 19.6 Å². The van der Waals surface area contributed by atoms with Crippen LogP contribution in [0.2, 0.25) is 0 Å². The van der Waals surface area contributed by atoms with E-state index in [4.69, 9.17) is 15.3 Å². The van der Waals surface area contributed by atoms with Crippen LogP contribution in [0.1, 0.15) is 41.3 Å². The molecule has 150 valence electrons. The summed E-state index contributed by atoms with van der Waals surface area (Å²) >= 11 is 0. The van der Waals surface area contributed by atoms with Crippen molar-refractivity contribution in [2.75, 3.05) is 0 Å². The molecule has 0 bridgehead atoms. The molecule has 30 heavy (non-hydrogen) atoms. The molecule has 2 aromatic rings. The van der Waals surface area contributed by atoms with Gasteiger partial charge in [-0.25, -0.2) is 0 Å². The fourth-order valence-corrected chi connectivity index (χ4v) is 3.33. The van der Waals surface area contributed by atoms with Gasteiger partial charge in [0.05, 0.1) is 23.4 Å². The van der Waals surface area contributed by atoms with E-state index in [9.17, 15) is 0 Å². The molecule has 0 unspecified atom stereocenters. The zero-order chi connectivity index (χ0) is 21.3. The lowest BCUT2D eigenvalue weighted by atomic mass is 10.0. The van der Waals surface area contributed by atoms with Crippen LogP contribution in [0.4, 0.5) is 0 Å². The number of nitrogens with zero attached hydrogens (tertiary/aromatic N) is 3. The van der Waals surface area contributed by atoms with Crippen molar-refractivity contribution in [3.05, 3.63) is 94.0 Å². The van der Waals surface area contributed by atoms with Crippen LogP contribution in [0, 0.1) is 29.6 Å². The van der Waals surface area contributed by atoms with Gasteiger partial charge in [-0.05, 0) is 55.2 Å². The molecule has 1 N–H and O–H groups in total. The third-order valence-electron chi connectivity index (χ3n) is 4.93. The van der Waals surface area contributed by atoms with Crippen LogP contribution in [0.15, 0.2) is 66.0 Å². The van der Waals surface area contributed by atoms with Gasteiger partial charge in [0.1, 0.15) is 12.4 Å². The highest BCUT2D eigenvalue weighted by atomic mass is 16.5. The number of allylic oxidation sites excluding steroid dienone is 5. The lowest BCUT2D eigenvalue weighted by Crippen LogP contribution is -2.14. The first kappa shape index (κ1) is 20.9. The maximum atomic E-state index is 9.09. The first-order valence-corrected chi connectivity index (χ1v) is 9.96. The molecule has 0 aliphatic heterocycles. The van der Waals surface area contributed by atoms with Crippen LogP contribution >= 0.6 is 0 Å². The predicted octanol–water partition coefficient (Wildman–Crippen LogP) is 4.79. The van der Waals surface area contributed by atoms with E-state index in [1.54, 1.807) is 6.07 Å². The highest BCUT2D eigenvalue weighted by Crippen LogP contribution is 2.27. The fourth-order valence-electron chi connectivity index (χ4n) is 3.33. The second kappa shape index (κ2) is 10.1. The highest BCUT2D eigenvalue weighted by Gasteiger charge is 2.13. The van der Waals surface area contributed by atoms with Crippen LogP contribution in [0.3, 0.4) is 0 Å². The number of hydrogen-bond donors (Lipinski definition) is 1. The number of rotatable bonds is 7. The molecule has 1 aliphatic rings. The van der Waals surface area contributed by atoms with E-state index in [-0.39, 0.29) is 0 Å². The second-order valence-electron chi connectivity index (χ2n) is 6.98. The average Bonchev–Trinajstić information content (AvgIpc) is 3.02. The molecule has 0 amide bonds. The SMILES string of the molecule is CCc1c(CNC2=CCC=C(C#N)C=C2)cnc(C)c1OCc1cccc(C#N)c1. The van der Waals surface area contributed by atoms with Gasteiger partial charge in [0.25, 0.3) is 0 Å². The molecule has 0 saturated carbocycles. The van der Waals surface area contributed by atoms with Crippen LogP contribution in [-0.4, -0.2) is 4.98 Å². The van der Waals surface area contributed by atoms with Gasteiger partial charge in [-0.1, -0.05) is 31.2 Å². The summed E-state index contributed by atoms with van der Waals surface area (Å²) in [5.41, 5.74) is 6.28. The van der Waals surface area contributed by atoms with E-state index in [2.05, 4.69) is 35.4 Å². The monoisotopic (exact) mass is 396 g/mol. The minimum Gasteiger partial charge on any atom is -0.487 e. The number of aryl methyl sites for hydroxylation is 1. The van der Waals surface area contributed by atoms with Crippen molar-refractivity contribution in [2.45, 2.75) is 39.8 Å². The van der Waals surface area contributed by atoms with Crippen molar-refractivity contribution in [3.63, 3.8) is 0 Å². The van der Waals surface area contributed by atoms with E-state index < -0.39 is 0 Å². The second-order valence-corrected chi connectivity index (χ2v) is 6.98. The summed E-state index contributed by atoms with van der Waals surface area (Å²) in [5, 5.41) is 21.6. The third-order valence-corrected chi connectivity index (χ3v) is 4.93. The summed E-state index contributed by atoms with van der Waals surface area (Å²) in [5.74, 6) is 0.804. The van der Waals surface area contributed by atoms with Gasteiger partial charge in [0, 0.05) is 29.6 Å². The van der Waals surface area contributed by atoms with Crippen molar-refractivity contribution in [1.29, 1.82) is 10.5 Å². The highest BCUT2D eigenvalue weighted by molar-refractivity contribution is 5.43. The summed E-state index contributed by atoms with van der Waals surface area (Å²) in [7, 11) is 0. The van der Waals surface area contributed by atoms with Gasteiger partial charge in [0.2, 0.25) is 0 Å². The summed E-state index contributed by atoms with van der Waals surface area (Å²) in [6.45, 7) is 5.06. The molecule has 1 heterocycles. The van der Waals surface area contributed by atoms with Crippen molar-refractivity contribution >= 4 is 0 Å². The zero-order valence-electron chi connectivity index (χ0n) is 17.3. The molecule has 1 aliphatic carbocycles. The summed E-state index contributed by atoms with van der Waals surface area (Å²) < 4.78 is 6.15. The maximum absolute atomic E-state index is 9.09. The Balaban J connectivity index is 1.74. The van der Waals surface area contributed by atoms with Gasteiger partial charge in [-0.3, -0.25) is 4.98 Å². The van der Waals surface area contributed by atoms with E-state index in [0.717, 1.165) is 46.7 Å². The number of pyridine rings is 1. The number of nitriles is 2. The molecule has 0 fully saturated rings. The van der Waals surface area contributed by atoms with Gasteiger partial charge in [-0.2, -0.15) is 10.5 Å². The molecule has 5 heteroatoms. The summed E-state index contributed by atoms with van der Waals surface area (Å²) in [6, 6.07) is 11.8. The van der Waals surface area contributed by atoms with E-state index in [1.807, 2.05) is 49.5 Å². The number of ether oxygens (including phenoxy) is 1. The van der Waals surface area contributed by atoms with E-state index in [0.29, 0.717) is 24.3 Å². The normalized spacial score (nSPS) is 12.8. The molecular formula is C25H24N4O. The predicted molar refractivity (Wildman–Crippen MR) is 116 cm³/mol. The van der Waals surface area contributed by atoms with Crippen molar-refractivity contribution in [3.8, 4) is 17.9 Å². The zero-order valence-corrected chi connectivity index (χ0v) is 17.3. The molecule has 3 rings (SSSR count). The van der Waals surface area contributed by atoms with Gasteiger partial charge >= 0.3 is 0 Å². The Morgan fingerprint density at radius 3 is 2.80 bits per heavy atom. The number of aromatic nitrogens is 1. The minimum atomic E-state index is 0.387. The van der Waals surface area contributed by atoms with E-state index >= 15 is 0 Å². The largest absolute Gasteiger partial charge is 0.487 e. The topological polar surface area (TPSA) is 81.7 Å². The number of hydrogen-bond acceptors (Lipinski definition) is 5. The van der Waals surface area contributed by atoms with Crippen molar-refractivity contribution < 1.29 is 4.74 Å². The molecule has 0 saturated heterocycles. The quantitative estimate of drug-likeness (QED) is 0.728. The maximum Gasteiger partial charge on any atom is 0.144 e. The Morgan fingerprint density at radius 2 is 2.03 bits per heavy atom. The number of benzene rings is 1. The molecule has 0 spiro atoms. The van der Waals surface area contributed by atoms with Crippen LogP contribution in [0.25, 0.3) is 0 Å². The smallest absolute Gasteiger partial charge is 0.144 e. The summed E-state index contributed by atoms with van der Waals surface area (Å²) in [4.78, 5) is 4.53. The fraction of sp³-hybridized carbons (Fsp3) is 0.240. The first-order chi connectivity index (χ1) is 14.6. The Hall–Kier alpha value is -3.83. The Bertz CT molecular complexity index is 1100. The van der Waals surface area contributed by atoms with Gasteiger partial charge in [0.15, 0.2) is 0 Å². The average molecular weight is 396 g/mol. The minimum absolute atomic E-state index is 0.387. The number of nitrogens with one attached hydrogen (secondary N) is 1. The van der Waals surface area contributed by atoms with Crippen molar-refractivity contribution in [2.24, 2.45) is 0 Å². The van der Waals surface area contributed by atoms with Gasteiger partial charge in [-0.15, -0.1) is 0 Å². The van der Waals surface area contributed by atoms with Crippen LogP contribution in [0.5, 0.6) is 5.75 Å². The molecular weight excluding hydrogens is 372 g/mol. The summed E-state index contributed by atoms with van der Waals surface area (Å²) in [6.07, 6.45) is 11.2. The van der Waals surface area contributed by atoms with Crippen LogP contribution < -0.4 is 10.1 Å². The Morgan fingerprint density at radius 1 is 1.17 bits per heavy atom. The lowest BCUT2D eigenvalue weighted by Gasteiger charge is -2.17. The van der Waals surface area contributed by atoms with Gasteiger partial charge < -0.3 is 10.1 Å². The molecule has 0 radical (unpaired) electrons. The standard InChI is InChI=1S/C25H24N4O/c1-3-24-22(16-29-23-9-5-6-19(13-26)10-11-23)15-28-18(2)25(24)30-17-21-8-4-7-20(12-21)14-27/h4,6-12,15,29H,3,5,16-17H2,1-2H3. The molecule has 0 atom stereocenters.